The van der Waals surface area contributed by atoms with Crippen molar-refractivity contribution < 1.29 is 14.6 Å². The van der Waals surface area contributed by atoms with Gasteiger partial charge in [0.15, 0.2) is 0 Å². The van der Waals surface area contributed by atoms with Crippen LogP contribution < -0.4 is 4.74 Å². The number of aromatic nitrogens is 2. The van der Waals surface area contributed by atoms with E-state index in [1.807, 2.05) is 35.7 Å². The van der Waals surface area contributed by atoms with Crippen molar-refractivity contribution in [2.45, 2.75) is 25.9 Å². The molecule has 0 aromatic carbocycles. The maximum absolute atomic E-state index is 12.9. The van der Waals surface area contributed by atoms with Gasteiger partial charge in [0.1, 0.15) is 22.6 Å². The van der Waals surface area contributed by atoms with Gasteiger partial charge in [0, 0.05) is 43.3 Å². The predicted molar refractivity (Wildman–Crippen MR) is 92.4 cm³/mol. The molecule has 2 aromatic heterocycles. The van der Waals surface area contributed by atoms with Crippen LogP contribution in [0, 0.1) is 12.8 Å². The van der Waals surface area contributed by atoms with Crippen molar-refractivity contribution in [3.8, 4) is 5.75 Å². The minimum atomic E-state index is -0.660. The third-order valence-electron chi connectivity index (χ3n) is 4.55. The summed E-state index contributed by atoms with van der Waals surface area (Å²) >= 11 is 1.46. The topological polar surface area (TPSA) is 67.6 Å². The summed E-state index contributed by atoms with van der Waals surface area (Å²) in [6.07, 6.45) is 4.61. The van der Waals surface area contributed by atoms with Gasteiger partial charge in [-0.1, -0.05) is 0 Å². The Balaban J connectivity index is 1.75. The third kappa shape index (κ3) is 3.18. The Labute approximate surface area is 145 Å². The Morgan fingerprint density at radius 3 is 3.00 bits per heavy atom. The molecular formula is C17H23N3O3S. The summed E-state index contributed by atoms with van der Waals surface area (Å²) in [6, 6.07) is 1.89. The fourth-order valence-corrected chi connectivity index (χ4v) is 4.21. The standard InChI is InChI=1S/C17H23N3O3S/c1-11-9-13(23-3)15(24-11)17(22)20-7-4-5-12(10-20)14(21)16-18-6-8-19(16)2/h6,8-9,12,14,21H,4-5,7,10H2,1-3H3. The van der Waals surface area contributed by atoms with Crippen LogP contribution in [0.3, 0.4) is 0 Å². The molecule has 1 fully saturated rings. The van der Waals surface area contributed by atoms with Gasteiger partial charge in [0.25, 0.3) is 5.91 Å². The number of likely N-dealkylation sites (tertiary alicyclic amines) is 1. The Bertz CT molecular complexity index is 724. The van der Waals surface area contributed by atoms with E-state index in [1.54, 1.807) is 13.3 Å². The molecule has 1 saturated heterocycles. The van der Waals surface area contributed by atoms with Crippen molar-refractivity contribution in [1.82, 2.24) is 14.5 Å². The number of hydrogen-bond donors (Lipinski definition) is 1. The van der Waals surface area contributed by atoms with Gasteiger partial charge in [-0.15, -0.1) is 11.3 Å². The van der Waals surface area contributed by atoms with Crippen molar-refractivity contribution in [1.29, 1.82) is 0 Å². The monoisotopic (exact) mass is 349 g/mol. The number of aryl methyl sites for hydroxylation is 2. The van der Waals surface area contributed by atoms with E-state index in [0.29, 0.717) is 29.5 Å². The average Bonchev–Trinajstić information content (AvgIpc) is 3.19. The van der Waals surface area contributed by atoms with E-state index in [4.69, 9.17) is 4.74 Å². The first-order valence-electron chi connectivity index (χ1n) is 8.10. The number of hydrogen-bond acceptors (Lipinski definition) is 5. The number of piperidine rings is 1. The molecular weight excluding hydrogens is 326 g/mol. The minimum absolute atomic E-state index is 0.00384. The first-order valence-corrected chi connectivity index (χ1v) is 8.92. The van der Waals surface area contributed by atoms with Gasteiger partial charge in [-0.25, -0.2) is 4.98 Å². The van der Waals surface area contributed by atoms with E-state index < -0.39 is 6.10 Å². The maximum atomic E-state index is 12.9. The van der Waals surface area contributed by atoms with E-state index in [0.717, 1.165) is 17.7 Å². The zero-order valence-electron chi connectivity index (χ0n) is 14.2. The van der Waals surface area contributed by atoms with Gasteiger partial charge in [0.2, 0.25) is 0 Å². The third-order valence-corrected chi connectivity index (χ3v) is 5.57. The predicted octanol–water partition coefficient (Wildman–Crippen LogP) is 2.38. The van der Waals surface area contributed by atoms with Crippen LogP contribution in [0.25, 0.3) is 0 Å². The lowest BCUT2D eigenvalue weighted by Gasteiger charge is -2.34. The highest BCUT2D eigenvalue weighted by molar-refractivity contribution is 7.14. The van der Waals surface area contributed by atoms with E-state index in [2.05, 4.69) is 4.98 Å². The van der Waals surface area contributed by atoms with Gasteiger partial charge in [-0.2, -0.15) is 0 Å². The van der Waals surface area contributed by atoms with Gasteiger partial charge in [-0.05, 0) is 25.8 Å². The van der Waals surface area contributed by atoms with Crippen LogP contribution in [-0.4, -0.2) is 45.7 Å². The van der Waals surface area contributed by atoms with Crippen LogP contribution in [0.1, 0.15) is 39.3 Å². The highest BCUT2D eigenvalue weighted by atomic mass is 32.1. The van der Waals surface area contributed by atoms with Crippen molar-refractivity contribution in [3.05, 3.63) is 34.0 Å². The molecule has 0 aliphatic carbocycles. The van der Waals surface area contributed by atoms with E-state index >= 15 is 0 Å². The molecule has 3 heterocycles. The number of methoxy groups -OCH3 is 1. The summed E-state index contributed by atoms with van der Waals surface area (Å²) in [6.45, 7) is 3.21. The summed E-state index contributed by atoms with van der Waals surface area (Å²) in [7, 11) is 3.46. The molecule has 7 heteroatoms. The molecule has 2 aromatic rings. The minimum Gasteiger partial charge on any atom is -0.495 e. The molecule has 0 bridgehead atoms. The molecule has 2 atom stereocenters. The van der Waals surface area contributed by atoms with Crippen LogP contribution in [0.2, 0.25) is 0 Å². The normalized spacial score (nSPS) is 19.3. The number of carbonyl (C=O) groups is 1. The van der Waals surface area contributed by atoms with E-state index in [9.17, 15) is 9.90 Å². The van der Waals surface area contributed by atoms with Gasteiger partial charge < -0.3 is 19.3 Å². The Morgan fingerprint density at radius 1 is 1.54 bits per heavy atom. The Hall–Kier alpha value is -1.86. The molecule has 0 saturated carbocycles. The fourth-order valence-electron chi connectivity index (χ4n) is 3.26. The number of aliphatic hydroxyl groups excluding tert-OH is 1. The first kappa shape index (κ1) is 17.0. The van der Waals surface area contributed by atoms with Gasteiger partial charge in [-0.3, -0.25) is 4.79 Å². The molecule has 0 spiro atoms. The first-order chi connectivity index (χ1) is 11.5. The molecule has 0 radical (unpaired) electrons. The number of rotatable bonds is 4. The second kappa shape index (κ2) is 6.94. The van der Waals surface area contributed by atoms with Crippen molar-refractivity contribution in [3.63, 3.8) is 0 Å². The van der Waals surface area contributed by atoms with Crippen LogP contribution in [0.4, 0.5) is 0 Å². The number of ether oxygens (including phenoxy) is 1. The summed E-state index contributed by atoms with van der Waals surface area (Å²) in [5, 5.41) is 10.6. The number of carbonyl (C=O) groups excluding carboxylic acids is 1. The van der Waals surface area contributed by atoms with Crippen molar-refractivity contribution in [2.75, 3.05) is 20.2 Å². The molecule has 1 aliphatic heterocycles. The fraction of sp³-hybridized carbons (Fsp3) is 0.529. The van der Waals surface area contributed by atoms with E-state index in [1.165, 1.54) is 11.3 Å². The van der Waals surface area contributed by atoms with Crippen LogP contribution in [0.15, 0.2) is 18.5 Å². The maximum Gasteiger partial charge on any atom is 0.267 e. The van der Waals surface area contributed by atoms with Crippen LogP contribution in [-0.2, 0) is 7.05 Å². The number of amides is 1. The molecule has 3 rings (SSSR count). The molecule has 130 valence electrons. The SMILES string of the molecule is COc1cc(C)sc1C(=O)N1CCCC(C(O)c2nccn2C)C1. The van der Waals surface area contributed by atoms with Gasteiger partial charge >= 0.3 is 0 Å². The Kier molecular flexibility index (Phi) is 4.91. The molecule has 1 N–H and O–H groups in total. The Morgan fingerprint density at radius 2 is 2.33 bits per heavy atom. The lowest BCUT2D eigenvalue weighted by atomic mass is 9.92. The average molecular weight is 349 g/mol. The lowest BCUT2D eigenvalue weighted by molar-refractivity contribution is 0.0359. The zero-order chi connectivity index (χ0) is 17.3. The number of nitrogens with zero attached hydrogens (tertiary/aromatic N) is 3. The second-order valence-corrected chi connectivity index (χ2v) is 7.51. The molecule has 1 amide bonds. The number of thiophene rings is 1. The number of aliphatic hydroxyl groups is 1. The summed E-state index contributed by atoms with van der Waals surface area (Å²) < 4.78 is 7.16. The quantitative estimate of drug-likeness (QED) is 0.920. The largest absolute Gasteiger partial charge is 0.495 e. The highest BCUT2D eigenvalue weighted by Gasteiger charge is 2.32. The highest BCUT2D eigenvalue weighted by Crippen LogP contribution is 2.33. The smallest absolute Gasteiger partial charge is 0.267 e. The number of imidazole rings is 1. The summed E-state index contributed by atoms with van der Waals surface area (Å²) in [5.74, 6) is 1.27. The molecule has 24 heavy (non-hydrogen) atoms. The van der Waals surface area contributed by atoms with Crippen molar-refractivity contribution in [2.24, 2.45) is 13.0 Å². The van der Waals surface area contributed by atoms with Crippen LogP contribution >= 0.6 is 11.3 Å². The summed E-state index contributed by atoms with van der Waals surface area (Å²) in [4.78, 5) is 20.6. The van der Waals surface area contributed by atoms with Gasteiger partial charge in [0.05, 0.1) is 7.11 Å². The lowest BCUT2D eigenvalue weighted by Crippen LogP contribution is -2.41. The molecule has 1 aliphatic rings. The van der Waals surface area contributed by atoms with Crippen LogP contribution in [0.5, 0.6) is 5.75 Å². The molecule has 6 nitrogen and oxygen atoms in total. The molecule has 2 unspecified atom stereocenters. The zero-order valence-corrected chi connectivity index (χ0v) is 15.0. The van der Waals surface area contributed by atoms with Crippen molar-refractivity contribution >= 4 is 17.2 Å². The second-order valence-electron chi connectivity index (χ2n) is 6.25. The van der Waals surface area contributed by atoms with E-state index in [-0.39, 0.29) is 11.8 Å². The summed E-state index contributed by atoms with van der Waals surface area (Å²) in [5.41, 5.74) is 0.